The van der Waals surface area contributed by atoms with Crippen molar-refractivity contribution in [2.24, 2.45) is 0 Å². The summed E-state index contributed by atoms with van der Waals surface area (Å²) in [5.74, 6) is 0.281. The molecule has 0 unspecified atom stereocenters. The van der Waals surface area contributed by atoms with Crippen molar-refractivity contribution in [3.63, 3.8) is 0 Å². The normalized spacial score (nSPS) is 9.90. The number of halogens is 1. The Kier molecular flexibility index (Phi) is 4.32. The largest absolute Gasteiger partial charge is 0.324 e. The molecule has 2 aromatic rings. The third kappa shape index (κ3) is 3.80. The van der Waals surface area contributed by atoms with Gasteiger partial charge in [-0.05, 0) is 31.2 Å². The first-order valence-corrected chi connectivity index (χ1v) is 6.23. The number of amides is 2. The molecule has 1 aromatic carbocycles. The second-order valence-electron chi connectivity index (χ2n) is 4.08. The molecule has 0 aliphatic heterocycles. The van der Waals surface area contributed by atoms with E-state index < -0.39 is 6.03 Å². The van der Waals surface area contributed by atoms with E-state index in [1.807, 2.05) is 0 Å². The van der Waals surface area contributed by atoms with Crippen molar-refractivity contribution in [3.05, 3.63) is 53.2 Å². The summed E-state index contributed by atoms with van der Waals surface area (Å²) < 4.78 is 0. The van der Waals surface area contributed by atoms with E-state index in [9.17, 15) is 9.59 Å². The van der Waals surface area contributed by atoms with E-state index in [1.54, 1.807) is 30.3 Å². The number of hydrogen-bond acceptors (Lipinski definition) is 3. The Balaban J connectivity index is 2.04. The second kappa shape index (κ2) is 6.16. The minimum Gasteiger partial charge on any atom is -0.308 e. The van der Waals surface area contributed by atoms with Crippen molar-refractivity contribution in [1.82, 2.24) is 4.98 Å². The molecule has 0 bridgehead atoms. The van der Waals surface area contributed by atoms with Crippen LogP contribution in [0.2, 0.25) is 5.02 Å². The molecule has 2 amide bonds. The van der Waals surface area contributed by atoms with Crippen LogP contribution in [0, 0.1) is 0 Å². The predicted molar refractivity (Wildman–Crippen MR) is 78.3 cm³/mol. The zero-order chi connectivity index (χ0) is 14.5. The molecule has 0 aliphatic carbocycles. The number of carbonyl (C=O) groups is 2. The molecule has 20 heavy (non-hydrogen) atoms. The van der Waals surface area contributed by atoms with Crippen molar-refractivity contribution in [2.45, 2.75) is 6.92 Å². The highest BCUT2D eigenvalue weighted by molar-refractivity contribution is 6.30. The second-order valence-corrected chi connectivity index (χ2v) is 4.51. The van der Waals surface area contributed by atoms with E-state index in [4.69, 9.17) is 11.6 Å². The van der Waals surface area contributed by atoms with Crippen molar-refractivity contribution in [3.8, 4) is 0 Å². The van der Waals surface area contributed by atoms with E-state index in [2.05, 4.69) is 15.6 Å². The highest BCUT2D eigenvalue weighted by atomic mass is 35.5. The lowest BCUT2D eigenvalue weighted by molar-refractivity contribution is 0.101. The third-order valence-corrected chi connectivity index (χ3v) is 2.73. The molecule has 2 rings (SSSR count). The Bertz CT molecular complexity index is 658. The summed E-state index contributed by atoms with van der Waals surface area (Å²) in [6.45, 7) is 1.47. The Morgan fingerprint density at radius 1 is 1.15 bits per heavy atom. The van der Waals surface area contributed by atoms with Crippen LogP contribution in [0.1, 0.15) is 17.3 Å². The van der Waals surface area contributed by atoms with Gasteiger partial charge in [0.2, 0.25) is 0 Å². The first-order chi connectivity index (χ1) is 9.54. The number of urea groups is 1. The van der Waals surface area contributed by atoms with Gasteiger partial charge < -0.3 is 5.32 Å². The molecular formula is C14H12ClN3O2. The van der Waals surface area contributed by atoms with E-state index >= 15 is 0 Å². The first-order valence-electron chi connectivity index (χ1n) is 5.85. The van der Waals surface area contributed by atoms with E-state index in [-0.39, 0.29) is 5.78 Å². The van der Waals surface area contributed by atoms with Crippen LogP contribution in [0.25, 0.3) is 0 Å². The zero-order valence-electron chi connectivity index (χ0n) is 10.7. The van der Waals surface area contributed by atoms with E-state index in [0.29, 0.717) is 22.1 Å². The molecule has 6 heteroatoms. The number of ketones is 1. The lowest BCUT2D eigenvalue weighted by Gasteiger charge is -2.08. The number of Topliss-reactive ketones (excluding diaryl/α,β-unsaturated/α-hetero) is 1. The van der Waals surface area contributed by atoms with Gasteiger partial charge in [0.25, 0.3) is 0 Å². The fourth-order valence-corrected chi connectivity index (χ4v) is 1.73. The standard InChI is InChI=1S/C14H12ClN3O2/c1-9(19)10-3-2-4-12(7-10)17-14(20)18-13-8-11(15)5-6-16-13/h2-8H,1H3,(H2,16,17,18,20). The minimum absolute atomic E-state index is 0.0643. The molecule has 0 radical (unpaired) electrons. The number of aromatic nitrogens is 1. The molecular weight excluding hydrogens is 278 g/mol. The minimum atomic E-state index is -0.458. The molecule has 1 aromatic heterocycles. The van der Waals surface area contributed by atoms with E-state index in [1.165, 1.54) is 19.2 Å². The Morgan fingerprint density at radius 2 is 1.95 bits per heavy atom. The van der Waals surface area contributed by atoms with Gasteiger partial charge in [-0.3, -0.25) is 10.1 Å². The molecule has 0 saturated carbocycles. The van der Waals surface area contributed by atoms with Crippen LogP contribution in [-0.4, -0.2) is 16.8 Å². The summed E-state index contributed by atoms with van der Waals surface area (Å²) in [5.41, 5.74) is 1.06. The number of anilines is 2. The van der Waals surface area contributed by atoms with Gasteiger partial charge in [-0.15, -0.1) is 0 Å². The summed E-state index contributed by atoms with van der Waals surface area (Å²) in [4.78, 5) is 27.0. The van der Waals surface area contributed by atoms with Crippen LogP contribution in [0.3, 0.4) is 0 Å². The smallest absolute Gasteiger partial charge is 0.308 e. The maximum Gasteiger partial charge on any atom is 0.324 e. The Morgan fingerprint density at radius 3 is 2.65 bits per heavy atom. The highest BCUT2D eigenvalue weighted by Gasteiger charge is 2.05. The van der Waals surface area contributed by atoms with Crippen LogP contribution >= 0.6 is 11.6 Å². The number of rotatable bonds is 3. The van der Waals surface area contributed by atoms with Crippen molar-refractivity contribution >= 4 is 34.9 Å². The summed E-state index contributed by atoms with van der Waals surface area (Å²) in [6, 6.07) is 9.37. The molecule has 0 aliphatic rings. The van der Waals surface area contributed by atoms with Crippen LogP contribution in [0.4, 0.5) is 16.3 Å². The molecule has 0 fully saturated rings. The van der Waals surface area contributed by atoms with Gasteiger partial charge in [-0.1, -0.05) is 23.7 Å². The summed E-state index contributed by atoms with van der Waals surface area (Å²) >= 11 is 5.79. The summed E-state index contributed by atoms with van der Waals surface area (Å²) in [7, 11) is 0. The van der Waals surface area contributed by atoms with Gasteiger partial charge >= 0.3 is 6.03 Å². The van der Waals surface area contributed by atoms with Crippen molar-refractivity contribution in [1.29, 1.82) is 0 Å². The number of hydrogen-bond donors (Lipinski definition) is 2. The lowest BCUT2D eigenvalue weighted by Crippen LogP contribution is -2.20. The number of nitrogens with zero attached hydrogens (tertiary/aromatic N) is 1. The fraction of sp³-hybridized carbons (Fsp3) is 0.0714. The van der Waals surface area contributed by atoms with Gasteiger partial charge in [0, 0.05) is 22.5 Å². The highest BCUT2D eigenvalue weighted by Crippen LogP contribution is 2.14. The monoisotopic (exact) mass is 289 g/mol. The maximum atomic E-state index is 11.8. The fourth-order valence-electron chi connectivity index (χ4n) is 1.57. The molecule has 0 atom stereocenters. The van der Waals surface area contributed by atoms with Crippen molar-refractivity contribution < 1.29 is 9.59 Å². The van der Waals surface area contributed by atoms with Gasteiger partial charge in [0.05, 0.1) is 0 Å². The van der Waals surface area contributed by atoms with Gasteiger partial charge in [-0.2, -0.15) is 0 Å². The number of pyridine rings is 1. The average molecular weight is 290 g/mol. The maximum absolute atomic E-state index is 11.8. The topological polar surface area (TPSA) is 71.1 Å². The average Bonchev–Trinajstić information content (AvgIpc) is 2.38. The van der Waals surface area contributed by atoms with Crippen LogP contribution in [0.5, 0.6) is 0 Å². The van der Waals surface area contributed by atoms with Gasteiger partial charge in [0.1, 0.15) is 5.82 Å². The molecule has 1 heterocycles. The lowest BCUT2D eigenvalue weighted by atomic mass is 10.1. The van der Waals surface area contributed by atoms with Crippen LogP contribution < -0.4 is 10.6 Å². The van der Waals surface area contributed by atoms with Gasteiger partial charge in [-0.25, -0.2) is 9.78 Å². The molecule has 5 nitrogen and oxygen atoms in total. The Hall–Kier alpha value is -2.40. The predicted octanol–water partition coefficient (Wildman–Crippen LogP) is 3.58. The number of carbonyl (C=O) groups excluding carboxylic acids is 2. The number of benzene rings is 1. The first kappa shape index (κ1) is 14.0. The zero-order valence-corrected chi connectivity index (χ0v) is 11.4. The summed E-state index contributed by atoms with van der Waals surface area (Å²) in [6.07, 6.45) is 1.49. The quantitative estimate of drug-likeness (QED) is 0.848. The van der Waals surface area contributed by atoms with E-state index in [0.717, 1.165) is 0 Å². The number of nitrogens with one attached hydrogen (secondary N) is 2. The molecule has 2 N–H and O–H groups in total. The molecule has 0 saturated heterocycles. The molecule has 102 valence electrons. The molecule has 0 spiro atoms. The summed E-state index contributed by atoms with van der Waals surface area (Å²) in [5, 5.41) is 5.65. The third-order valence-electron chi connectivity index (χ3n) is 2.49. The van der Waals surface area contributed by atoms with Crippen LogP contribution in [0.15, 0.2) is 42.6 Å². The van der Waals surface area contributed by atoms with Crippen LogP contribution in [-0.2, 0) is 0 Å². The van der Waals surface area contributed by atoms with Crippen molar-refractivity contribution in [2.75, 3.05) is 10.6 Å². The SMILES string of the molecule is CC(=O)c1cccc(NC(=O)Nc2cc(Cl)ccn2)c1. The van der Waals surface area contributed by atoms with Gasteiger partial charge in [0.15, 0.2) is 5.78 Å². The Labute approximate surface area is 121 Å².